The first-order valence-corrected chi connectivity index (χ1v) is 8.62. The Bertz CT molecular complexity index is 690. The maximum absolute atomic E-state index is 12.3. The van der Waals surface area contributed by atoms with Gasteiger partial charge in [-0.25, -0.2) is 0 Å². The predicted molar refractivity (Wildman–Crippen MR) is 96.1 cm³/mol. The fraction of sp³-hybridized carbons (Fsp3) is 0.421. The molecule has 0 spiro atoms. The molecule has 6 heteroatoms. The highest BCUT2D eigenvalue weighted by atomic mass is 16.5. The van der Waals surface area contributed by atoms with Crippen LogP contribution in [0.3, 0.4) is 0 Å². The van der Waals surface area contributed by atoms with E-state index in [2.05, 4.69) is 22.7 Å². The highest BCUT2D eigenvalue weighted by Gasteiger charge is 2.22. The number of hydrogen-bond acceptors (Lipinski definition) is 4. The number of hydrogen-bond donors (Lipinski definition) is 2. The number of unbranched alkanes of at least 4 members (excludes halogenated alkanes) is 2. The van der Waals surface area contributed by atoms with Crippen LogP contribution in [0, 0.1) is 13.8 Å². The summed E-state index contributed by atoms with van der Waals surface area (Å²) >= 11 is 0. The maximum Gasteiger partial charge on any atom is 0.313 e. The zero-order valence-corrected chi connectivity index (χ0v) is 15.0. The average molecular weight is 343 g/mol. The molecule has 1 aromatic carbocycles. The van der Waals surface area contributed by atoms with Gasteiger partial charge in [-0.1, -0.05) is 61.7 Å². The van der Waals surface area contributed by atoms with Gasteiger partial charge in [0.05, 0.1) is 6.04 Å². The van der Waals surface area contributed by atoms with Gasteiger partial charge >= 0.3 is 11.8 Å². The van der Waals surface area contributed by atoms with Crippen LogP contribution in [-0.4, -0.2) is 17.0 Å². The number of benzene rings is 1. The molecule has 134 valence electrons. The van der Waals surface area contributed by atoms with Crippen molar-refractivity contribution < 1.29 is 14.1 Å². The summed E-state index contributed by atoms with van der Waals surface area (Å²) in [5, 5.41) is 9.18. The van der Waals surface area contributed by atoms with E-state index >= 15 is 0 Å². The molecule has 25 heavy (non-hydrogen) atoms. The number of nitrogens with zero attached hydrogens (tertiary/aromatic N) is 1. The fourth-order valence-electron chi connectivity index (χ4n) is 2.66. The predicted octanol–water partition coefficient (Wildman–Crippen LogP) is 3.67. The van der Waals surface area contributed by atoms with Crippen molar-refractivity contribution in [3.8, 4) is 0 Å². The normalized spacial score (nSPS) is 11.8. The first-order chi connectivity index (χ1) is 12.0. The minimum Gasteiger partial charge on any atom is -0.359 e. The van der Waals surface area contributed by atoms with Crippen molar-refractivity contribution in [1.29, 1.82) is 0 Å². The molecule has 6 nitrogen and oxygen atoms in total. The number of amides is 2. The third-order valence-electron chi connectivity index (χ3n) is 4.08. The molecule has 2 N–H and O–H groups in total. The number of nitrogens with one attached hydrogen (secondary N) is 2. The highest BCUT2D eigenvalue weighted by molar-refractivity contribution is 6.39. The van der Waals surface area contributed by atoms with Crippen molar-refractivity contribution in [2.75, 3.05) is 5.32 Å². The number of rotatable bonds is 7. The summed E-state index contributed by atoms with van der Waals surface area (Å²) in [7, 11) is 0. The molecule has 0 saturated heterocycles. The lowest BCUT2D eigenvalue weighted by Crippen LogP contribution is -2.38. The molecule has 2 amide bonds. The lowest BCUT2D eigenvalue weighted by Gasteiger charge is -2.19. The first-order valence-electron chi connectivity index (χ1n) is 8.62. The van der Waals surface area contributed by atoms with E-state index in [0.29, 0.717) is 17.1 Å². The second-order valence-electron chi connectivity index (χ2n) is 6.09. The van der Waals surface area contributed by atoms with Crippen LogP contribution < -0.4 is 10.6 Å². The molecule has 0 aliphatic carbocycles. The Labute approximate surface area is 148 Å². The molecule has 2 rings (SSSR count). The van der Waals surface area contributed by atoms with Crippen molar-refractivity contribution in [2.24, 2.45) is 0 Å². The van der Waals surface area contributed by atoms with Crippen molar-refractivity contribution in [3.63, 3.8) is 0 Å². The van der Waals surface area contributed by atoms with Crippen molar-refractivity contribution in [1.82, 2.24) is 10.5 Å². The molecule has 2 aromatic rings. The van der Waals surface area contributed by atoms with E-state index < -0.39 is 11.8 Å². The SMILES string of the molecule is CCCCC[C@@H](NC(=O)C(=O)Nc1c(C)noc1C)c1ccccc1. The lowest BCUT2D eigenvalue weighted by atomic mass is 10.0. The Morgan fingerprint density at radius 1 is 1.12 bits per heavy atom. The molecule has 0 unspecified atom stereocenters. The summed E-state index contributed by atoms with van der Waals surface area (Å²) in [6, 6.07) is 9.53. The van der Waals surface area contributed by atoms with E-state index in [4.69, 9.17) is 4.52 Å². The van der Waals surface area contributed by atoms with Gasteiger partial charge in [-0.15, -0.1) is 0 Å². The van der Waals surface area contributed by atoms with Crippen LogP contribution >= 0.6 is 0 Å². The third kappa shape index (κ3) is 5.17. The number of aryl methyl sites for hydroxylation is 2. The van der Waals surface area contributed by atoms with Crippen LogP contribution in [-0.2, 0) is 9.59 Å². The molecular weight excluding hydrogens is 318 g/mol. The molecule has 1 aromatic heterocycles. The quantitative estimate of drug-likeness (QED) is 0.593. The molecule has 0 aliphatic heterocycles. The van der Waals surface area contributed by atoms with Gasteiger partial charge in [0.25, 0.3) is 0 Å². The topological polar surface area (TPSA) is 84.2 Å². The average Bonchev–Trinajstić information content (AvgIpc) is 2.93. The second kappa shape index (κ2) is 9.01. The van der Waals surface area contributed by atoms with Crippen LogP contribution in [0.1, 0.15) is 55.7 Å². The van der Waals surface area contributed by atoms with E-state index in [1.807, 2.05) is 30.3 Å². The Morgan fingerprint density at radius 3 is 2.44 bits per heavy atom. The zero-order chi connectivity index (χ0) is 18.2. The van der Waals surface area contributed by atoms with Gasteiger partial charge in [0.15, 0.2) is 5.76 Å². The number of aromatic nitrogens is 1. The van der Waals surface area contributed by atoms with Crippen molar-refractivity contribution in [3.05, 3.63) is 47.3 Å². The van der Waals surface area contributed by atoms with Crippen LogP contribution in [0.2, 0.25) is 0 Å². The van der Waals surface area contributed by atoms with Gasteiger partial charge in [-0.2, -0.15) is 0 Å². The summed E-state index contributed by atoms with van der Waals surface area (Å²) in [6.45, 7) is 5.53. The van der Waals surface area contributed by atoms with E-state index in [1.165, 1.54) is 0 Å². The van der Waals surface area contributed by atoms with Crippen LogP contribution in [0.15, 0.2) is 34.9 Å². The summed E-state index contributed by atoms with van der Waals surface area (Å²) in [4.78, 5) is 24.6. The van der Waals surface area contributed by atoms with Crippen molar-refractivity contribution >= 4 is 17.5 Å². The smallest absolute Gasteiger partial charge is 0.313 e. The van der Waals surface area contributed by atoms with Crippen LogP contribution in [0.4, 0.5) is 5.69 Å². The highest BCUT2D eigenvalue weighted by Crippen LogP contribution is 2.21. The van der Waals surface area contributed by atoms with Crippen LogP contribution in [0.5, 0.6) is 0 Å². The summed E-state index contributed by atoms with van der Waals surface area (Å²) in [5.74, 6) is -0.905. The minimum atomic E-state index is -0.717. The standard InChI is InChI=1S/C19H25N3O3/c1-4-5-7-12-16(15-10-8-6-9-11-15)20-18(23)19(24)21-17-13(2)22-25-14(17)3/h6,8-11,16H,4-5,7,12H2,1-3H3,(H,20,23)(H,21,24)/t16-/m1/s1. The summed E-state index contributed by atoms with van der Waals surface area (Å²) < 4.78 is 5.00. The monoisotopic (exact) mass is 343 g/mol. The minimum absolute atomic E-state index is 0.185. The Balaban J connectivity index is 2.04. The molecular formula is C19H25N3O3. The number of carbonyl (C=O) groups excluding carboxylic acids is 2. The molecule has 0 bridgehead atoms. The van der Waals surface area contributed by atoms with Crippen LogP contribution in [0.25, 0.3) is 0 Å². The first kappa shape index (κ1) is 18.7. The fourth-order valence-corrected chi connectivity index (χ4v) is 2.66. The van der Waals surface area contributed by atoms with Gasteiger partial charge in [0.2, 0.25) is 0 Å². The largest absolute Gasteiger partial charge is 0.359 e. The molecule has 1 heterocycles. The van der Waals surface area contributed by atoms with E-state index in [-0.39, 0.29) is 6.04 Å². The Kier molecular flexibility index (Phi) is 6.74. The van der Waals surface area contributed by atoms with Gasteiger partial charge < -0.3 is 15.2 Å². The molecule has 0 fully saturated rings. The molecule has 0 radical (unpaired) electrons. The maximum atomic E-state index is 12.3. The van der Waals surface area contributed by atoms with E-state index in [0.717, 1.165) is 31.2 Å². The molecule has 0 aliphatic rings. The van der Waals surface area contributed by atoms with E-state index in [9.17, 15) is 9.59 Å². The summed E-state index contributed by atoms with van der Waals surface area (Å²) in [5.41, 5.74) is 1.99. The van der Waals surface area contributed by atoms with Gasteiger partial charge in [0, 0.05) is 0 Å². The third-order valence-corrected chi connectivity index (χ3v) is 4.08. The molecule has 0 saturated carbocycles. The Morgan fingerprint density at radius 2 is 1.84 bits per heavy atom. The van der Waals surface area contributed by atoms with Gasteiger partial charge in [-0.3, -0.25) is 9.59 Å². The second-order valence-corrected chi connectivity index (χ2v) is 6.09. The zero-order valence-electron chi connectivity index (χ0n) is 15.0. The van der Waals surface area contributed by atoms with Crippen molar-refractivity contribution in [2.45, 2.75) is 52.5 Å². The van der Waals surface area contributed by atoms with E-state index in [1.54, 1.807) is 13.8 Å². The molecule has 1 atom stereocenters. The van der Waals surface area contributed by atoms with Gasteiger partial charge in [0.1, 0.15) is 11.4 Å². The number of carbonyl (C=O) groups is 2. The number of anilines is 1. The Hall–Kier alpha value is -2.63. The summed E-state index contributed by atoms with van der Waals surface area (Å²) in [6.07, 6.45) is 3.97. The lowest BCUT2D eigenvalue weighted by molar-refractivity contribution is -0.136. The van der Waals surface area contributed by atoms with Gasteiger partial charge in [-0.05, 0) is 25.8 Å².